The highest BCUT2D eigenvalue weighted by molar-refractivity contribution is 5.79. The van der Waals surface area contributed by atoms with Crippen molar-refractivity contribution in [1.82, 2.24) is 10.6 Å². The molecular formula is C21H26F3N3O2. The van der Waals surface area contributed by atoms with E-state index in [2.05, 4.69) is 15.6 Å². The molecule has 5 nitrogen and oxygen atoms in total. The number of guanidine groups is 1. The average Bonchev–Trinajstić information content (AvgIpc) is 2.68. The molecule has 0 fully saturated rings. The Kier molecular flexibility index (Phi) is 8.33. The van der Waals surface area contributed by atoms with E-state index in [1.165, 1.54) is 0 Å². The van der Waals surface area contributed by atoms with Gasteiger partial charge in [0, 0.05) is 32.8 Å². The van der Waals surface area contributed by atoms with Crippen molar-refractivity contribution in [3.63, 3.8) is 0 Å². The highest BCUT2D eigenvalue weighted by Gasteiger charge is 2.28. The lowest BCUT2D eigenvalue weighted by Crippen LogP contribution is -2.36. The summed E-state index contributed by atoms with van der Waals surface area (Å²) in [6, 6.07) is 13.2. The van der Waals surface area contributed by atoms with Gasteiger partial charge in [0.1, 0.15) is 5.75 Å². The van der Waals surface area contributed by atoms with Crippen LogP contribution in [0.15, 0.2) is 47.5 Å². The van der Waals surface area contributed by atoms with Crippen molar-refractivity contribution in [2.24, 2.45) is 4.99 Å². The Labute approximate surface area is 168 Å². The number of halogens is 3. The van der Waals surface area contributed by atoms with Gasteiger partial charge < -0.3 is 20.1 Å². The number of alkyl halides is 3. The summed E-state index contributed by atoms with van der Waals surface area (Å²) >= 11 is 0. The number of ether oxygens (including phenoxy) is 2. The second-order valence-electron chi connectivity index (χ2n) is 6.54. The third-order valence-corrected chi connectivity index (χ3v) is 4.08. The first-order valence-electron chi connectivity index (χ1n) is 9.11. The van der Waals surface area contributed by atoms with E-state index in [1.807, 2.05) is 30.3 Å². The quantitative estimate of drug-likeness (QED) is 0.512. The van der Waals surface area contributed by atoms with Crippen LogP contribution < -0.4 is 15.4 Å². The van der Waals surface area contributed by atoms with Gasteiger partial charge in [-0.2, -0.15) is 13.2 Å². The van der Waals surface area contributed by atoms with Crippen LogP contribution in [0.5, 0.6) is 5.75 Å². The van der Waals surface area contributed by atoms with Gasteiger partial charge in [-0.15, -0.1) is 0 Å². The smallest absolute Gasteiger partial charge is 0.422 e. The summed E-state index contributed by atoms with van der Waals surface area (Å²) in [6.45, 7) is 1.87. The van der Waals surface area contributed by atoms with Crippen LogP contribution in [0.1, 0.15) is 22.3 Å². The first kappa shape index (κ1) is 22.5. The number of benzene rings is 2. The molecule has 0 radical (unpaired) electrons. The van der Waals surface area contributed by atoms with Crippen molar-refractivity contribution >= 4 is 5.96 Å². The Morgan fingerprint density at radius 1 is 1.00 bits per heavy atom. The van der Waals surface area contributed by atoms with E-state index in [1.54, 1.807) is 33.2 Å². The topological polar surface area (TPSA) is 54.9 Å². The van der Waals surface area contributed by atoms with Crippen LogP contribution >= 0.6 is 0 Å². The molecule has 0 saturated heterocycles. The first-order chi connectivity index (χ1) is 13.8. The lowest BCUT2D eigenvalue weighted by Gasteiger charge is -2.16. The van der Waals surface area contributed by atoms with Gasteiger partial charge in [-0.3, -0.25) is 4.99 Å². The second-order valence-corrected chi connectivity index (χ2v) is 6.54. The van der Waals surface area contributed by atoms with Gasteiger partial charge in [0.2, 0.25) is 0 Å². The number of rotatable bonds is 8. The molecule has 0 spiro atoms. The number of aryl methyl sites for hydroxylation is 1. The Balaban J connectivity index is 1.93. The van der Waals surface area contributed by atoms with E-state index < -0.39 is 12.8 Å². The van der Waals surface area contributed by atoms with Gasteiger partial charge in [0.25, 0.3) is 0 Å². The largest absolute Gasteiger partial charge is 0.484 e. The molecular weight excluding hydrogens is 383 g/mol. The lowest BCUT2D eigenvalue weighted by atomic mass is 10.1. The summed E-state index contributed by atoms with van der Waals surface area (Å²) in [7, 11) is 3.28. The van der Waals surface area contributed by atoms with Crippen LogP contribution in [0.2, 0.25) is 0 Å². The van der Waals surface area contributed by atoms with Gasteiger partial charge in [-0.1, -0.05) is 36.4 Å². The van der Waals surface area contributed by atoms with E-state index >= 15 is 0 Å². The van der Waals surface area contributed by atoms with E-state index in [0.717, 1.165) is 16.7 Å². The monoisotopic (exact) mass is 409 g/mol. The number of hydrogen-bond acceptors (Lipinski definition) is 3. The SMILES string of the molecule is CN=C(NCc1ccc(COC)cc1)NCc1ccc(C)cc1OCC(F)(F)F. The number of aliphatic imine (C=N–C) groups is 1. The number of nitrogens with zero attached hydrogens (tertiary/aromatic N) is 1. The lowest BCUT2D eigenvalue weighted by molar-refractivity contribution is -0.153. The van der Waals surface area contributed by atoms with Crippen molar-refractivity contribution in [1.29, 1.82) is 0 Å². The van der Waals surface area contributed by atoms with Crippen molar-refractivity contribution < 1.29 is 22.6 Å². The third kappa shape index (κ3) is 8.03. The molecule has 2 N–H and O–H groups in total. The Hall–Kier alpha value is -2.74. The molecule has 29 heavy (non-hydrogen) atoms. The van der Waals surface area contributed by atoms with Crippen molar-refractivity contribution in [2.45, 2.75) is 32.8 Å². The van der Waals surface area contributed by atoms with E-state index in [4.69, 9.17) is 9.47 Å². The van der Waals surface area contributed by atoms with Crippen LogP contribution in [0, 0.1) is 6.92 Å². The number of nitrogens with one attached hydrogen (secondary N) is 2. The minimum atomic E-state index is -4.38. The van der Waals surface area contributed by atoms with Crippen LogP contribution in [-0.2, 0) is 24.4 Å². The molecule has 0 unspecified atom stereocenters. The first-order valence-corrected chi connectivity index (χ1v) is 9.11. The zero-order valence-corrected chi connectivity index (χ0v) is 16.8. The molecule has 0 aliphatic rings. The molecule has 2 rings (SSSR count). The van der Waals surface area contributed by atoms with Crippen molar-refractivity contribution in [2.75, 3.05) is 20.8 Å². The Morgan fingerprint density at radius 3 is 2.28 bits per heavy atom. The fraction of sp³-hybridized carbons (Fsp3) is 0.381. The average molecular weight is 409 g/mol. The maximum atomic E-state index is 12.5. The molecule has 158 valence electrons. The summed E-state index contributed by atoms with van der Waals surface area (Å²) in [6.07, 6.45) is -4.38. The van der Waals surface area contributed by atoms with Gasteiger partial charge in [0.15, 0.2) is 12.6 Å². The summed E-state index contributed by atoms with van der Waals surface area (Å²) < 4.78 is 47.6. The molecule has 0 aliphatic carbocycles. The van der Waals surface area contributed by atoms with Gasteiger partial charge >= 0.3 is 6.18 Å². The van der Waals surface area contributed by atoms with Crippen molar-refractivity contribution in [3.8, 4) is 5.75 Å². The standard InChI is InChI=1S/C21H26F3N3O2/c1-15-4-9-18(19(10-15)29-14-21(22,23)24)12-27-20(25-2)26-11-16-5-7-17(8-6-16)13-28-3/h4-10H,11-14H2,1-3H3,(H2,25,26,27). The number of methoxy groups -OCH3 is 1. The van der Waals surface area contributed by atoms with E-state index in [-0.39, 0.29) is 12.3 Å². The number of hydrogen-bond donors (Lipinski definition) is 2. The molecule has 0 amide bonds. The predicted octanol–water partition coefficient (Wildman–Crippen LogP) is 3.95. The maximum absolute atomic E-state index is 12.5. The fourth-order valence-corrected chi connectivity index (χ4v) is 2.61. The van der Waals surface area contributed by atoms with Crippen LogP contribution in [0.4, 0.5) is 13.2 Å². The zero-order valence-electron chi connectivity index (χ0n) is 16.8. The Bertz CT molecular complexity index is 806. The predicted molar refractivity (Wildman–Crippen MR) is 107 cm³/mol. The summed E-state index contributed by atoms with van der Waals surface area (Å²) in [5, 5.41) is 6.28. The van der Waals surface area contributed by atoms with Crippen molar-refractivity contribution in [3.05, 3.63) is 64.7 Å². The zero-order chi connectivity index (χ0) is 21.3. The maximum Gasteiger partial charge on any atom is 0.422 e. The molecule has 2 aromatic rings. The van der Waals surface area contributed by atoms with Gasteiger partial charge in [-0.05, 0) is 29.7 Å². The minimum Gasteiger partial charge on any atom is -0.484 e. The van der Waals surface area contributed by atoms with Gasteiger partial charge in [-0.25, -0.2) is 0 Å². The molecule has 0 saturated carbocycles. The summed E-state index contributed by atoms with van der Waals surface area (Å²) in [4.78, 5) is 4.15. The fourth-order valence-electron chi connectivity index (χ4n) is 2.61. The molecule has 0 bridgehead atoms. The molecule has 0 heterocycles. The molecule has 2 aromatic carbocycles. The minimum absolute atomic E-state index is 0.207. The van der Waals surface area contributed by atoms with Gasteiger partial charge in [0.05, 0.1) is 6.61 Å². The highest BCUT2D eigenvalue weighted by atomic mass is 19.4. The second kappa shape index (κ2) is 10.7. The van der Waals surface area contributed by atoms with Crippen LogP contribution in [-0.4, -0.2) is 32.9 Å². The Morgan fingerprint density at radius 2 is 1.66 bits per heavy atom. The third-order valence-electron chi connectivity index (χ3n) is 4.08. The molecule has 0 atom stereocenters. The highest BCUT2D eigenvalue weighted by Crippen LogP contribution is 2.23. The van der Waals surface area contributed by atoms with Crippen LogP contribution in [0.3, 0.4) is 0 Å². The normalized spacial score (nSPS) is 12.0. The van der Waals surface area contributed by atoms with E-state index in [9.17, 15) is 13.2 Å². The molecule has 0 aromatic heterocycles. The molecule has 8 heteroatoms. The van der Waals surface area contributed by atoms with Crippen LogP contribution in [0.25, 0.3) is 0 Å². The van der Waals surface area contributed by atoms with E-state index in [0.29, 0.717) is 24.7 Å². The molecule has 0 aliphatic heterocycles. The summed E-state index contributed by atoms with van der Waals surface area (Å²) in [5.74, 6) is 0.743. The summed E-state index contributed by atoms with van der Waals surface area (Å²) in [5.41, 5.74) is 3.60.